The Labute approximate surface area is 140 Å². The summed E-state index contributed by atoms with van der Waals surface area (Å²) in [4.78, 5) is 18.0. The van der Waals surface area contributed by atoms with Crippen molar-refractivity contribution in [3.8, 4) is 5.75 Å². The van der Waals surface area contributed by atoms with Crippen molar-refractivity contribution in [3.05, 3.63) is 23.5 Å². The standard InChI is InChI=1S/C16H21ClN2O4/c17-14-10-18-6-3-15(14)22-13-2-1-7-19(11-13)16(20)23-12-4-8-21-9-5-12/h3,6,10,12-13H,1-2,4-5,7-9,11H2. The Bertz CT molecular complexity index is 537. The molecule has 0 spiro atoms. The second-order valence-electron chi connectivity index (χ2n) is 5.83. The third-order valence-electron chi connectivity index (χ3n) is 4.10. The fraction of sp³-hybridized carbons (Fsp3) is 0.625. The Hall–Kier alpha value is -1.53. The lowest BCUT2D eigenvalue weighted by molar-refractivity contribution is -0.0172. The van der Waals surface area contributed by atoms with Crippen LogP contribution in [0, 0.1) is 0 Å². The highest BCUT2D eigenvalue weighted by atomic mass is 35.5. The maximum Gasteiger partial charge on any atom is 0.410 e. The summed E-state index contributed by atoms with van der Waals surface area (Å²) in [6, 6.07) is 1.74. The first-order valence-electron chi connectivity index (χ1n) is 8.02. The van der Waals surface area contributed by atoms with Gasteiger partial charge in [0.2, 0.25) is 0 Å². The van der Waals surface area contributed by atoms with Gasteiger partial charge in [0.25, 0.3) is 0 Å². The van der Waals surface area contributed by atoms with E-state index in [2.05, 4.69) is 4.98 Å². The second kappa shape index (κ2) is 7.84. The number of halogens is 1. The summed E-state index contributed by atoms with van der Waals surface area (Å²) in [6.07, 6.45) is 6.14. The van der Waals surface area contributed by atoms with Gasteiger partial charge in [0, 0.05) is 37.8 Å². The number of ether oxygens (including phenoxy) is 3. The SMILES string of the molecule is O=C(OC1CCOCC1)N1CCCC(Oc2ccncc2Cl)C1. The Balaban J connectivity index is 1.53. The summed E-state index contributed by atoms with van der Waals surface area (Å²) in [6.45, 7) is 2.53. The van der Waals surface area contributed by atoms with Crippen LogP contribution in [-0.2, 0) is 9.47 Å². The minimum Gasteiger partial charge on any atom is -0.487 e. The van der Waals surface area contributed by atoms with E-state index in [0.29, 0.717) is 37.1 Å². The summed E-state index contributed by atoms with van der Waals surface area (Å²) in [5.41, 5.74) is 0. The highest BCUT2D eigenvalue weighted by Gasteiger charge is 2.28. The molecule has 1 atom stereocenters. The third kappa shape index (κ3) is 4.48. The summed E-state index contributed by atoms with van der Waals surface area (Å²) in [5, 5.41) is 0.481. The topological polar surface area (TPSA) is 60.9 Å². The molecule has 1 unspecified atom stereocenters. The molecule has 0 aromatic carbocycles. The lowest BCUT2D eigenvalue weighted by Gasteiger charge is -2.33. The fourth-order valence-corrected chi connectivity index (χ4v) is 3.01. The zero-order chi connectivity index (χ0) is 16.1. The number of piperidine rings is 1. The molecule has 3 rings (SSSR count). The van der Waals surface area contributed by atoms with Crippen molar-refractivity contribution in [2.24, 2.45) is 0 Å². The molecule has 2 aliphatic heterocycles. The van der Waals surface area contributed by atoms with Gasteiger partial charge in [-0.1, -0.05) is 11.6 Å². The highest BCUT2D eigenvalue weighted by molar-refractivity contribution is 6.31. The van der Waals surface area contributed by atoms with E-state index in [-0.39, 0.29) is 18.3 Å². The molecular formula is C16H21ClN2O4. The van der Waals surface area contributed by atoms with Crippen molar-refractivity contribution in [1.82, 2.24) is 9.88 Å². The van der Waals surface area contributed by atoms with Gasteiger partial charge in [0.15, 0.2) is 0 Å². The number of pyridine rings is 1. The number of nitrogens with zero attached hydrogens (tertiary/aromatic N) is 2. The number of rotatable bonds is 3. The fourth-order valence-electron chi connectivity index (χ4n) is 2.85. The molecule has 1 amide bonds. The van der Waals surface area contributed by atoms with Crippen LogP contribution in [0.15, 0.2) is 18.5 Å². The Morgan fingerprint density at radius 1 is 1.30 bits per heavy atom. The lowest BCUT2D eigenvalue weighted by Crippen LogP contribution is -2.45. The summed E-state index contributed by atoms with van der Waals surface area (Å²) in [7, 11) is 0. The van der Waals surface area contributed by atoms with Crippen LogP contribution in [0.25, 0.3) is 0 Å². The molecule has 7 heteroatoms. The average Bonchev–Trinajstić information content (AvgIpc) is 2.58. The summed E-state index contributed by atoms with van der Waals surface area (Å²) in [5.74, 6) is 0.603. The molecule has 126 valence electrons. The Kier molecular flexibility index (Phi) is 5.56. The van der Waals surface area contributed by atoms with Gasteiger partial charge in [-0.3, -0.25) is 4.98 Å². The molecular weight excluding hydrogens is 320 g/mol. The van der Waals surface area contributed by atoms with E-state index in [4.69, 9.17) is 25.8 Å². The van der Waals surface area contributed by atoms with E-state index in [1.165, 1.54) is 0 Å². The highest BCUT2D eigenvalue weighted by Crippen LogP contribution is 2.26. The molecule has 2 aliphatic rings. The molecule has 1 aromatic heterocycles. The largest absolute Gasteiger partial charge is 0.487 e. The van der Waals surface area contributed by atoms with Crippen molar-refractivity contribution in [2.75, 3.05) is 26.3 Å². The molecule has 2 fully saturated rings. The lowest BCUT2D eigenvalue weighted by atomic mass is 10.1. The first kappa shape index (κ1) is 16.3. The van der Waals surface area contributed by atoms with E-state index in [9.17, 15) is 4.79 Å². The Morgan fingerprint density at radius 3 is 2.91 bits per heavy atom. The van der Waals surface area contributed by atoms with E-state index >= 15 is 0 Å². The minimum absolute atomic E-state index is 0.0350. The molecule has 1 aromatic rings. The molecule has 0 aliphatic carbocycles. The van der Waals surface area contributed by atoms with Crippen LogP contribution in [0.1, 0.15) is 25.7 Å². The smallest absolute Gasteiger partial charge is 0.410 e. The van der Waals surface area contributed by atoms with Crippen LogP contribution in [0.4, 0.5) is 4.79 Å². The van der Waals surface area contributed by atoms with Crippen LogP contribution in [0.3, 0.4) is 0 Å². The third-order valence-corrected chi connectivity index (χ3v) is 4.38. The number of likely N-dealkylation sites (tertiary alicyclic amines) is 1. The molecule has 6 nitrogen and oxygen atoms in total. The number of amides is 1. The van der Waals surface area contributed by atoms with Gasteiger partial charge in [-0.25, -0.2) is 4.79 Å². The Morgan fingerprint density at radius 2 is 2.13 bits per heavy atom. The van der Waals surface area contributed by atoms with Gasteiger partial charge in [-0.2, -0.15) is 0 Å². The predicted octanol–water partition coefficient (Wildman–Crippen LogP) is 2.89. The first-order valence-corrected chi connectivity index (χ1v) is 8.39. The van der Waals surface area contributed by atoms with Gasteiger partial charge in [-0.15, -0.1) is 0 Å². The number of hydrogen-bond acceptors (Lipinski definition) is 5. The van der Waals surface area contributed by atoms with Gasteiger partial charge in [-0.05, 0) is 12.8 Å². The van der Waals surface area contributed by atoms with Crippen molar-refractivity contribution in [3.63, 3.8) is 0 Å². The summed E-state index contributed by atoms with van der Waals surface area (Å²) >= 11 is 6.07. The van der Waals surface area contributed by atoms with E-state index in [1.54, 1.807) is 23.4 Å². The molecule has 0 bridgehead atoms. The molecule has 0 radical (unpaired) electrons. The van der Waals surface area contributed by atoms with Crippen LogP contribution >= 0.6 is 11.6 Å². The van der Waals surface area contributed by atoms with E-state index in [1.807, 2.05) is 0 Å². The van der Waals surface area contributed by atoms with Gasteiger partial charge >= 0.3 is 6.09 Å². The van der Waals surface area contributed by atoms with E-state index in [0.717, 1.165) is 25.7 Å². The maximum atomic E-state index is 12.3. The number of carbonyl (C=O) groups excluding carboxylic acids is 1. The van der Waals surface area contributed by atoms with Crippen LogP contribution < -0.4 is 4.74 Å². The van der Waals surface area contributed by atoms with E-state index < -0.39 is 0 Å². The number of carbonyl (C=O) groups is 1. The van der Waals surface area contributed by atoms with Crippen LogP contribution in [0.2, 0.25) is 5.02 Å². The van der Waals surface area contributed by atoms with Crippen LogP contribution in [-0.4, -0.2) is 54.5 Å². The van der Waals surface area contributed by atoms with Crippen molar-refractivity contribution >= 4 is 17.7 Å². The monoisotopic (exact) mass is 340 g/mol. The van der Waals surface area contributed by atoms with Gasteiger partial charge < -0.3 is 19.1 Å². The van der Waals surface area contributed by atoms with Crippen LogP contribution in [0.5, 0.6) is 5.75 Å². The maximum absolute atomic E-state index is 12.3. The zero-order valence-electron chi connectivity index (χ0n) is 12.9. The zero-order valence-corrected chi connectivity index (χ0v) is 13.7. The number of aromatic nitrogens is 1. The molecule has 23 heavy (non-hydrogen) atoms. The first-order chi connectivity index (χ1) is 11.2. The quantitative estimate of drug-likeness (QED) is 0.846. The number of hydrogen-bond donors (Lipinski definition) is 0. The van der Waals surface area contributed by atoms with Crippen molar-refractivity contribution in [2.45, 2.75) is 37.9 Å². The molecule has 0 saturated carbocycles. The van der Waals surface area contributed by atoms with Crippen molar-refractivity contribution in [1.29, 1.82) is 0 Å². The van der Waals surface area contributed by atoms with Crippen molar-refractivity contribution < 1.29 is 19.0 Å². The molecule has 0 N–H and O–H groups in total. The average molecular weight is 341 g/mol. The van der Waals surface area contributed by atoms with Gasteiger partial charge in [0.1, 0.15) is 23.0 Å². The molecule has 2 saturated heterocycles. The molecule has 3 heterocycles. The summed E-state index contributed by atoms with van der Waals surface area (Å²) < 4.78 is 16.8. The predicted molar refractivity (Wildman–Crippen MR) is 84.8 cm³/mol. The minimum atomic E-state index is -0.258. The van der Waals surface area contributed by atoms with Gasteiger partial charge in [0.05, 0.1) is 19.8 Å². The normalized spacial score (nSPS) is 22.7. The second-order valence-corrected chi connectivity index (χ2v) is 6.24.